The summed E-state index contributed by atoms with van der Waals surface area (Å²) in [7, 11) is 0. The Hall–Kier alpha value is -1.39. The van der Waals surface area contributed by atoms with Crippen molar-refractivity contribution >= 4 is 5.97 Å². The molecule has 0 radical (unpaired) electrons. The molecule has 3 saturated heterocycles. The van der Waals surface area contributed by atoms with Gasteiger partial charge in [-0.3, -0.25) is 4.79 Å². The molecule has 6 rings (SSSR count). The SMILES string of the molecule is C=C1C[C@@]2(C)CC[C@H]3[C@@](C)(CCC[C@@]3(C)C(=O)O)[C@@H]2CC[C@@H]1OCCC1OC(CO)C(O)C(OC2OC(CO)C(O)C(O)C2O)C1OC1OC(C)C(O)C(O)C1O. The number of aliphatic carboxylic acids is 1. The molecule has 0 aromatic rings. The zero-order chi connectivity index (χ0) is 41.8. The number of fused-ring (bicyclic) bond motifs is 3. The summed E-state index contributed by atoms with van der Waals surface area (Å²) in [6.45, 7) is 11.1. The number of aliphatic hydroxyl groups excluding tert-OH is 9. The standard InChI is InChI=1S/C40H66O17/c1-18-15-38(3)13-9-25-39(4,11-6-12-40(25,5)37(50)51)24(38)8-7-20(18)52-14-10-21-33(56-35-31(48)29(46)26(43)19(2)53-35)34(28(45)23(17-42)54-21)57-36-32(49)30(47)27(44)22(16-41)55-36/h19-36,41-49H,1,6-17H2,2-5H3,(H,50,51)/t19?,20-,21?,22?,23?,24+,25-,26?,27?,28?,29?,30?,31?,32?,33?,34?,35?,36?,38+,39-,40+/m0/s1. The molecule has 0 spiro atoms. The quantitative estimate of drug-likeness (QED) is 0.116. The molecule has 6 aliphatic rings. The van der Waals surface area contributed by atoms with Crippen molar-refractivity contribution in [1.82, 2.24) is 0 Å². The Bertz CT molecular complexity index is 1400. The molecule has 10 N–H and O–H groups in total. The van der Waals surface area contributed by atoms with E-state index in [4.69, 9.17) is 28.4 Å². The second kappa shape index (κ2) is 17.5. The molecule has 17 nitrogen and oxygen atoms in total. The van der Waals surface area contributed by atoms with E-state index in [0.29, 0.717) is 12.8 Å². The van der Waals surface area contributed by atoms with Gasteiger partial charge in [0.25, 0.3) is 0 Å². The molecular formula is C40H66O17. The lowest BCUT2D eigenvalue weighted by Gasteiger charge is -2.62. The molecule has 3 heterocycles. The second-order valence-corrected chi connectivity index (χ2v) is 18.4. The highest BCUT2D eigenvalue weighted by Crippen LogP contribution is 2.67. The van der Waals surface area contributed by atoms with Crippen LogP contribution in [0.4, 0.5) is 0 Å². The lowest BCUT2D eigenvalue weighted by Crippen LogP contribution is -2.66. The van der Waals surface area contributed by atoms with Gasteiger partial charge in [-0.1, -0.05) is 26.8 Å². The maximum absolute atomic E-state index is 12.6. The zero-order valence-electron chi connectivity index (χ0n) is 33.4. The molecule has 57 heavy (non-hydrogen) atoms. The normalized spacial score (nSPS) is 52.1. The second-order valence-electron chi connectivity index (χ2n) is 18.4. The van der Waals surface area contributed by atoms with E-state index in [2.05, 4.69) is 20.4 Å². The van der Waals surface area contributed by atoms with Crippen molar-refractivity contribution in [3.63, 3.8) is 0 Å². The first kappa shape index (κ1) is 45.1. The highest BCUT2D eigenvalue weighted by atomic mass is 16.7. The van der Waals surface area contributed by atoms with Crippen molar-refractivity contribution in [3.8, 4) is 0 Å². The van der Waals surface area contributed by atoms with E-state index in [1.54, 1.807) is 0 Å². The van der Waals surface area contributed by atoms with Gasteiger partial charge in [-0.05, 0) is 93.5 Å². The summed E-state index contributed by atoms with van der Waals surface area (Å²) >= 11 is 0. The lowest BCUT2D eigenvalue weighted by molar-refractivity contribution is -0.369. The highest BCUT2D eigenvalue weighted by molar-refractivity contribution is 5.75. The maximum Gasteiger partial charge on any atom is 0.309 e. The van der Waals surface area contributed by atoms with Crippen LogP contribution in [-0.4, -0.2) is 175 Å². The van der Waals surface area contributed by atoms with E-state index >= 15 is 0 Å². The van der Waals surface area contributed by atoms with E-state index in [9.17, 15) is 55.9 Å². The third kappa shape index (κ3) is 8.34. The van der Waals surface area contributed by atoms with Crippen molar-refractivity contribution in [2.45, 2.75) is 184 Å². The van der Waals surface area contributed by atoms with Crippen LogP contribution in [0.25, 0.3) is 0 Å². The molecule has 0 aromatic carbocycles. The van der Waals surface area contributed by atoms with Gasteiger partial charge in [0.2, 0.25) is 0 Å². The molecule has 0 aromatic heterocycles. The Morgan fingerprint density at radius 2 is 1.33 bits per heavy atom. The molecule has 0 amide bonds. The fourth-order valence-corrected chi connectivity index (χ4v) is 11.6. The summed E-state index contributed by atoms with van der Waals surface area (Å²) < 4.78 is 36.2. The van der Waals surface area contributed by atoms with Crippen molar-refractivity contribution in [2.75, 3.05) is 19.8 Å². The van der Waals surface area contributed by atoms with E-state index in [-0.39, 0.29) is 41.8 Å². The molecular weight excluding hydrogens is 752 g/mol. The molecule has 3 aliphatic heterocycles. The average Bonchev–Trinajstić information content (AvgIpc) is 3.29. The number of ether oxygens (including phenoxy) is 6. The van der Waals surface area contributed by atoms with Crippen LogP contribution in [0.2, 0.25) is 0 Å². The molecule has 17 heteroatoms. The summed E-state index contributed by atoms with van der Waals surface area (Å²) in [5.41, 5.74) is -0.0793. The highest BCUT2D eigenvalue weighted by Gasteiger charge is 2.62. The van der Waals surface area contributed by atoms with Gasteiger partial charge in [-0.2, -0.15) is 0 Å². The molecule has 6 fully saturated rings. The number of hydrogen-bond acceptors (Lipinski definition) is 16. The molecule has 328 valence electrons. The summed E-state index contributed by atoms with van der Waals surface area (Å²) in [6.07, 6.45) is -16.5. The van der Waals surface area contributed by atoms with Crippen molar-refractivity contribution in [3.05, 3.63) is 12.2 Å². The Labute approximate surface area is 333 Å². The number of carbonyl (C=O) groups is 1. The summed E-state index contributed by atoms with van der Waals surface area (Å²) in [5.74, 6) is -0.400. The Morgan fingerprint density at radius 1 is 0.719 bits per heavy atom. The fourth-order valence-electron chi connectivity index (χ4n) is 11.6. The molecule has 3 aliphatic carbocycles. The van der Waals surface area contributed by atoms with Crippen LogP contribution < -0.4 is 0 Å². The van der Waals surface area contributed by atoms with Crippen LogP contribution in [-0.2, 0) is 33.2 Å². The van der Waals surface area contributed by atoms with Crippen molar-refractivity contribution < 1.29 is 84.3 Å². The van der Waals surface area contributed by atoms with Crippen LogP contribution in [0, 0.1) is 28.1 Å². The summed E-state index contributed by atoms with van der Waals surface area (Å²) in [6, 6.07) is 0. The lowest BCUT2D eigenvalue weighted by atomic mass is 9.42. The predicted octanol–water partition coefficient (Wildman–Crippen LogP) is -0.666. The van der Waals surface area contributed by atoms with Gasteiger partial charge >= 0.3 is 5.97 Å². The van der Waals surface area contributed by atoms with E-state index in [1.807, 2.05) is 6.92 Å². The number of carboxylic acid groups (broad SMARTS) is 1. The van der Waals surface area contributed by atoms with E-state index < -0.39 is 117 Å². The summed E-state index contributed by atoms with van der Waals surface area (Å²) in [5, 5.41) is 105. The summed E-state index contributed by atoms with van der Waals surface area (Å²) in [4.78, 5) is 12.6. The van der Waals surface area contributed by atoms with Crippen LogP contribution in [0.3, 0.4) is 0 Å². The van der Waals surface area contributed by atoms with Gasteiger partial charge in [-0.15, -0.1) is 0 Å². The first-order valence-corrected chi connectivity index (χ1v) is 20.6. The first-order chi connectivity index (χ1) is 26.8. The molecule has 15 unspecified atom stereocenters. The minimum atomic E-state index is -1.85. The first-order valence-electron chi connectivity index (χ1n) is 20.6. The van der Waals surface area contributed by atoms with Gasteiger partial charge < -0.3 is 79.5 Å². The average molecular weight is 819 g/mol. The minimum absolute atomic E-state index is 0.0624. The fraction of sp³-hybridized carbons (Fsp3) is 0.925. The van der Waals surface area contributed by atoms with E-state index in [0.717, 1.165) is 44.1 Å². The van der Waals surface area contributed by atoms with Gasteiger partial charge in [-0.25, -0.2) is 0 Å². The topological polar surface area (TPSA) is 275 Å². The van der Waals surface area contributed by atoms with Gasteiger partial charge in [0, 0.05) is 6.61 Å². The van der Waals surface area contributed by atoms with Gasteiger partial charge in [0.15, 0.2) is 12.6 Å². The number of rotatable bonds is 11. The van der Waals surface area contributed by atoms with Crippen LogP contribution in [0.1, 0.15) is 85.5 Å². The van der Waals surface area contributed by atoms with Crippen molar-refractivity contribution in [1.29, 1.82) is 0 Å². The van der Waals surface area contributed by atoms with Crippen LogP contribution in [0.5, 0.6) is 0 Å². The Balaban J connectivity index is 1.21. The van der Waals surface area contributed by atoms with Crippen molar-refractivity contribution in [2.24, 2.45) is 28.1 Å². The maximum atomic E-state index is 12.6. The van der Waals surface area contributed by atoms with Gasteiger partial charge in [0.05, 0.1) is 36.9 Å². The number of carboxylic acids is 1. The van der Waals surface area contributed by atoms with E-state index in [1.165, 1.54) is 6.92 Å². The smallest absolute Gasteiger partial charge is 0.309 e. The van der Waals surface area contributed by atoms with Gasteiger partial charge in [0.1, 0.15) is 67.1 Å². The monoisotopic (exact) mass is 818 g/mol. The third-order valence-electron chi connectivity index (χ3n) is 14.8. The Kier molecular flexibility index (Phi) is 13.9. The molecule has 21 atom stereocenters. The van der Waals surface area contributed by atoms with Crippen LogP contribution in [0.15, 0.2) is 12.2 Å². The third-order valence-corrected chi connectivity index (χ3v) is 14.8. The minimum Gasteiger partial charge on any atom is -0.481 e. The molecule has 0 bridgehead atoms. The number of hydrogen-bond donors (Lipinski definition) is 10. The van der Waals surface area contributed by atoms with Crippen LogP contribution >= 0.6 is 0 Å². The predicted molar refractivity (Wildman–Crippen MR) is 197 cm³/mol. The molecule has 3 saturated carbocycles. The Morgan fingerprint density at radius 3 is 1.98 bits per heavy atom. The number of aliphatic hydroxyl groups is 9. The zero-order valence-corrected chi connectivity index (χ0v) is 33.4. The largest absolute Gasteiger partial charge is 0.481 e.